The lowest BCUT2D eigenvalue weighted by Crippen LogP contribution is -2.14. The number of halogens is 4. The van der Waals surface area contributed by atoms with E-state index in [9.17, 15) is 0 Å². The molecule has 0 radical (unpaired) electrons. The highest BCUT2D eigenvalue weighted by Gasteiger charge is 2.19. The lowest BCUT2D eigenvalue weighted by atomic mass is 9.98. The molecule has 2 nitrogen and oxygen atoms in total. The molecule has 0 amide bonds. The maximum absolute atomic E-state index is 6.34. The van der Waals surface area contributed by atoms with Crippen LogP contribution in [0, 0.1) is 0 Å². The van der Waals surface area contributed by atoms with Crippen LogP contribution >= 0.6 is 55.1 Å². The normalized spacial score (nSPS) is 12.3. The van der Waals surface area contributed by atoms with Gasteiger partial charge in [-0.25, -0.2) is 0 Å². The first-order chi connectivity index (χ1) is 9.43. The quantitative estimate of drug-likeness (QED) is 0.678. The van der Waals surface area contributed by atoms with Gasteiger partial charge in [0.2, 0.25) is 0 Å². The molecule has 0 bridgehead atoms. The Labute approximate surface area is 144 Å². The van der Waals surface area contributed by atoms with Crippen LogP contribution in [0.1, 0.15) is 17.2 Å². The number of hydrogen-bond acceptors (Lipinski definition) is 2. The maximum atomic E-state index is 6.34. The zero-order chi connectivity index (χ0) is 14.9. The molecular formula is C14H11Br2Cl2NO. The first-order valence-electron chi connectivity index (χ1n) is 5.67. The highest BCUT2D eigenvalue weighted by atomic mass is 79.9. The van der Waals surface area contributed by atoms with Crippen molar-refractivity contribution in [2.45, 2.75) is 6.04 Å². The van der Waals surface area contributed by atoms with E-state index in [1.165, 1.54) is 0 Å². The molecule has 0 spiro atoms. The van der Waals surface area contributed by atoms with Gasteiger partial charge in [-0.15, -0.1) is 0 Å². The molecule has 106 valence electrons. The Balaban J connectivity index is 2.58. The zero-order valence-electron chi connectivity index (χ0n) is 10.5. The summed E-state index contributed by atoms with van der Waals surface area (Å²) in [5.41, 5.74) is 7.91. The molecule has 2 rings (SSSR count). The minimum Gasteiger partial charge on any atom is -0.495 e. The van der Waals surface area contributed by atoms with Gasteiger partial charge in [0.25, 0.3) is 0 Å². The molecule has 0 aliphatic rings. The van der Waals surface area contributed by atoms with Crippen LogP contribution in [-0.2, 0) is 0 Å². The number of nitrogens with two attached hydrogens (primary N) is 1. The highest BCUT2D eigenvalue weighted by molar-refractivity contribution is 9.10. The highest BCUT2D eigenvalue weighted by Crippen LogP contribution is 2.39. The van der Waals surface area contributed by atoms with Crippen LogP contribution in [0.25, 0.3) is 0 Å². The molecule has 0 saturated carbocycles. The van der Waals surface area contributed by atoms with E-state index < -0.39 is 6.04 Å². The predicted octanol–water partition coefficient (Wildman–Crippen LogP) is 5.58. The Kier molecular flexibility index (Phi) is 5.37. The fraction of sp³-hybridized carbons (Fsp3) is 0.143. The third-order valence-corrected chi connectivity index (χ3v) is 4.51. The summed E-state index contributed by atoms with van der Waals surface area (Å²) in [5.74, 6) is 0.651. The molecular weight excluding hydrogens is 429 g/mol. The van der Waals surface area contributed by atoms with E-state index >= 15 is 0 Å². The van der Waals surface area contributed by atoms with Crippen LogP contribution in [0.3, 0.4) is 0 Å². The average molecular weight is 440 g/mol. The Morgan fingerprint density at radius 2 is 1.80 bits per heavy atom. The smallest absolute Gasteiger partial charge is 0.138 e. The van der Waals surface area contributed by atoms with Gasteiger partial charge in [-0.1, -0.05) is 39.1 Å². The largest absolute Gasteiger partial charge is 0.495 e. The van der Waals surface area contributed by atoms with E-state index in [0.29, 0.717) is 15.8 Å². The second kappa shape index (κ2) is 6.67. The SMILES string of the molecule is COc1c(Br)cc(Cl)cc1C(N)c1cc(Br)ccc1Cl. The summed E-state index contributed by atoms with van der Waals surface area (Å²) >= 11 is 19.2. The van der Waals surface area contributed by atoms with E-state index in [-0.39, 0.29) is 0 Å². The maximum Gasteiger partial charge on any atom is 0.138 e. The van der Waals surface area contributed by atoms with Crippen molar-refractivity contribution < 1.29 is 4.74 Å². The van der Waals surface area contributed by atoms with Gasteiger partial charge in [0.05, 0.1) is 17.6 Å². The van der Waals surface area contributed by atoms with Crippen molar-refractivity contribution in [3.05, 3.63) is 60.4 Å². The number of hydrogen-bond donors (Lipinski definition) is 1. The van der Waals surface area contributed by atoms with Crippen LogP contribution in [0.2, 0.25) is 10.0 Å². The van der Waals surface area contributed by atoms with Crippen molar-refractivity contribution in [1.82, 2.24) is 0 Å². The minimum absolute atomic E-state index is 0.440. The predicted molar refractivity (Wildman–Crippen MR) is 90.9 cm³/mol. The summed E-state index contributed by atoms with van der Waals surface area (Å²) < 4.78 is 7.07. The summed E-state index contributed by atoms with van der Waals surface area (Å²) in [7, 11) is 1.59. The first kappa shape index (κ1) is 16.1. The molecule has 1 unspecified atom stereocenters. The molecule has 2 N–H and O–H groups in total. The molecule has 6 heteroatoms. The molecule has 0 fully saturated rings. The Hall–Kier alpha value is -0.260. The van der Waals surface area contributed by atoms with Crippen molar-refractivity contribution in [3.63, 3.8) is 0 Å². The summed E-state index contributed by atoms with van der Waals surface area (Å²) in [4.78, 5) is 0. The molecule has 0 aliphatic heterocycles. The third kappa shape index (κ3) is 3.31. The summed E-state index contributed by atoms with van der Waals surface area (Å²) in [6.45, 7) is 0. The van der Waals surface area contributed by atoms with Gasteiger partial charge in [0.15, 0.2) is 0 Å². The Morgan fingerprint density at radius 3 is 2.45 bits per heavy atom. The van der Waals surface area contributed by atoms with E-state index in [1.807, 2.05) is 12.1 Å². The monoisotopic (exact) mass is 437 g/mol. The first-order valence-corrected chi connectivity index (χ1v) is 8.01. The minimum atomic E-state index is -0.440. The second-order valence-corrected chi connectivity index (χ2v) is 6.77. The molecule has 20 heavy (non-hydrogen) atoms. The van der Waals surface area contributed by atoms with E-state index in [1.54, 1.807) is 25.3 Å². The van der Waals surface area contributed by atoms with Gasteiger partial charge in [0, 0.05) is 20.1 Å². The van der Waals surface area contributed by atoms with Crippen molar-refractivity contribution in [2.75, 3.05) is 7.11 Å². The lowest BCUT2D eigenvalue weighted by Gasteiger charge is -2.19. The number of methoxy groups -OCH3 is 1. The van der Waals surface area contributed by atoms with Gasteiger partial charge in [-0.05, 0) is 51.8 Å². The van der Waals surface area contributed by atoms with E-state index in [4.69, 9.17) is 33.7 Å². The second-order valence-electron chi connectivity index (χ2n) is 4.15. The van der Waals surface area contributed by atoms with Crippen LogP contribution in [-0.4, -0.2) is 7.11 Å². The van der Waals surface area contributed by atoms with Crippen molar-refractivity contribution in [3.8, 4) is 5.75 Å². The van der Waals surface area contributed by atoms with Crippen molar-refractivity contribution >= 4 is 55.1 Å². The van der Waals surface area contributed by atoms with Gasteiger partial charge < -0.3 is 10.5 Å². The van der Waals surface area contributed by atoms with Gasteiger partial charge in [-0.3, -0.25) is 0 Å². The van der Waals surface area contributed by atoms with Crippen LogP contribution < -0.4 is 10.5 Å². The molecule has 2 aromatic carbocycles. The Morgan fingerprint density at radius 1 is 1.10 bits per heavy atom. The molecule has 0 saturated heterocycles. The molecule has 0 aliphatic carbocycles. The topological polar surface area (TPSA) is 35.2 Å². The summed E-state index contributed by atoms with van der Waals surface area (Å²) in [5, 5.41) is 1.17. The molecule has 1 atom stereocenters. The van der Waals surface area contributed by atoms with Crippen molar-refractivity contribution in [1.29, 1.82) is 0 Å². The van der Waals surface area contributed by atoms with Crippen LogP contribution in [0.5, 0.6) is 5.75 Å². The Bertz CT molecular complexity index is 649. The lowest BCUT2D eigenvalue weighted by molar-refractivity contribution is 0.405. The van der Waals surface area contributed by atoms with Gasteiger partial charge in [0.1, 0.15) is 5.75 Å². The molecule has 0 aromatic heterocycles. The number of ether oxygens (including phenoxy) is 1. The zero-order valence-corrected chi connectivity index (χ0v) is 15.1. The summed E-state index contributed by atoms with van der Waals surface area (Å²) in [6.07, 6.45) is 0. The fourth-order valence-electron chi connectivity index (χ4n) is 1.95. The molecule has 0 heterocycles. The average Bonchev–Trinajstić information content (AvgIpc) is 2.40. The van der Waals surface area contributed by atoms with Crippen molar-refractivity contribution in [2.24, 2.45) is 5.73 Å². The third-order valence-electron chi connectivity index (χ3n) is 2.87. The van der Waals surface area contributed by atoms with Crippen LogP contribution in [0.15, 0.2) is 39.3 Å². The van der Waals surface area contributed by atoms with Crippen LogP contribution in [0.4, 0.5) is 0 Å². The van der Waals surface area contributed by atoms with Gasteiger partial charge in [-0.2, -0.15) is 0 Å². The standard InChI is InChI=1S/C14H11Br2Cl2NO/c1-20-14-10(5-8(17)6-11(14)16)13(19)9-4-7(15)2-3-12(9)18/h2-6,13H,19H2,1H3. The number of rotatable bonds is 3. The van der Waals surface area contributed by atoms with E-state index in [0.717, 1.165) is 20.1 Å². The number of benzene rings is 2. The van der Waals surface area contributed by atoms with Gasteiger partial charge >= 0.3 is 0 Å². The molecule has 2 aromatic rings. The van der Waals surface area contributed by atoms with E-state index in [2.05, 4.69) is 31.9 Å². The fourth-order valence-corrected chi connectivity index (χ4v) is 3.56. The summed E-state index contributed by atoms with van der Waals surface area (Å²) in [6, 6.07) is 8.66.